The van der Waals surface area contributed by atoms with Crippen molar-refractivity contribution in [3.05, 3.63) is 23.3 Å². The molecule has 0 aromatic heterocycles. The van der Waals surface area contributed by atoms with Gasteiger partial charge in [-0.1, -0.05) is 32.9 Å². The summed E-state index contributed by atoms with van der Waals surface area (Å²) in [6.07, 6.45) is 3.45. The Labute approximate surface area is 94.0 Å². The predicted molar refractivity (Wildman–Crippen MR) is 66.9 cm³/mol. The Morgan fingerprint density at radius 3 is 2.29 bits per heavy atom. The van der Waals surface area contributed by atoms with Crippen LogP contribution >= 0.6 is 11.6 Å². The third-order valence-electron chi connectivity index (χ3n) is 2.61. The Hall–Kier alpha value is -0.230. The molecule has 0 bridgehead atoms. The van der Waals surface area contributed by atoms with E-state index in [9.17, 15) is 0 Å². The number of rotatable bonds is 6. The van der Waals surface area contributed by atoms with E-state index >= 15 is 0 Å². The maximum atomic E-state index is 5.83. The normalized spacial score (nSPS) is 13.0. The summed E-state index contributed by atoms with van der Waals surface area (Å²) < 4.78 is 0. The molecule has 0 atom stereocenters. The maximum Gasteiger partial charge on any atom is 0.0470 e. The first-order chi connectivity index (χ1) is 6.52. The summed E-state index contributed by atoms with van der Waals surface area (Å²) in [5.74, 6) is 1.31. The summed E-state index contributed by atoms with van der Waals surface area (Å²) in [6, 6.07) is 0. The van der Waals surface area contributed by atoms with Crippen molar-refractivity contribution in [1.29, 1.82) is 0 Å². The largest absolute Gasteiger partial charge is 0.122 e. The van der Waals surface area contributed by atoms with E-state index in [1.807, 2.05) is 0 Å². The van der Waals surface area contributed by atoms with E-state index in [1.54, 1.807) is 0 Å². The van der Waals surface area contributed by atoms with Crippen LogP contribution in [0.2, 0.25) is 0 Å². The Morgan fingerprint density at radius 1 is 1.36 bits per heavy atom. The van der Waals surface area contributed by atoms with E-state index in [1.165, 1.54) is 17.6 Å². The van der Waals surface area contributed by atoms with E-state index in [2.05, 4.69) is 34.3 Å². The van der Waals surface area contributed by atoms with Gasteiger partial charge in [0.2, 0.25) is 0 Å². The van der Waals surface area contributed by atoms with Gasteiger partial charge in [0, 0.05) is 5.88 Å². The van der Waals surface area contributed by atoms with Crippen molar-refractivity contribution < 1.29 is 0 Å². The summed E-state index contributed by atoms with van der Waals surface area (Å²) in [5, 5.41) is 0. The molecule has 0 saturated heterocycles. The maximum absolute atomic E-state index is 5.83. The molecule has 0 radical (unpaired) electrons. The van der Waals surface area contributed by atoms with Crippen LogP contribution < -0.4 is 0 Å². The van der Waals surface area contributed by atoms with Crippen LogP contribution in [0, 0.1) is 5.92 Å². The van der Waals surface area contributed by atoms with Crippen molar-refractivity contribution in [2.45, 2.75) is 47.0 Å². The second kappa shape index (κ2) is 7.11. The number of hydrogen-bond acceptors (Lipinski definition) is 0. The molecule has 0 aromatic rings. The lowest BCUT2D eigenvalue weighted by Gasteiger charge is -2.14. The predicted octanol–water partition coefficient (Wildman–Crippen LogP) is 4.94. The average molecular weight is 215 g/mol. The van der Waals surface area contributed by atoms with Crippen LogP contribution in [-0.2, 0) is 0 Å². The fourth-order valence-electron chi connectivity index (χ4n) is 1.42. The van der Waals surface area contributed by atoms with Gasteiger partial charge in [0.25, 0.3) is 0 Å². The van der Waals surface area contributed by atoms with Crippen LogP contribution in [0.1, 0.15) is 47.0 Å². The molecular formula is C13H23Cl. The molecule has 1 heteroatoms. The van der Waals surface area contributed by atoms with Crippen molar-refractivity contribution in [3.63, 3.8) is 0 Å². The van der Waals surface area contributed by atoms with Crippen LogP contribution in [0.4, 0.5) is 0 Å². The summed E-state index contributed by atoms with van der Waals surface area (Å²) in [7, 11) is 0. The van der Waals surface area contributed by atoms with Gasteiger partial charge in [-0.2, -0.15) is 0 Å². The molecule has 0 amide bonds. The van der Waals surface area contributed by atoms with Crippen molar-refractivity contribution in [3.8, 4) is 0 Å². The molecule has 0 aromatic carbocycles. The summed E-state index contributed by atoms with van der Waals surface area (Å²) >= 11 is 5.83. The number of hydrogen-bond donors (Lipinski definition) is 0. The second-order valence-corrected chi connectivity index (χ2v) is 4.55. The van der Waals surface area contributed by atoms with Gasteiger partial charge in [0.1, 0.15) is 0 Å². The van der Waals surface area contributed by atoms with E-state index in [0.29, 0.717) is 5.88 Å². The van der Waals surface area contributed by atoms with Gasteiger partial charge >= 0.3 is 0 Å². The molecule has 0 fully saturated rings. The topological polar surface area (TPSA) is 0 Å². The summed E-state index contributed by atoms with van der Waals surface area (Å²) in [6.45, 7) is 12.9. The van der Waals surface area contributed by atoms with Gasteiger partial charge < -0.3 is 0 Å². The molecule has 0 heterocycles. The van der Waals surface area contributed by atoms with Gasteiger partial charge in [0.05, 0.1) is 0 Å². The van der Waals surface area contributed by atoms with Crippen LogP contribution in [0.3, 0.4) is 0 Å². The first-order valence-electron chi connectivity index (χ1n) is 5.45. The van der Waals surface area contributed by atoms with Crippen molar-refractivity contribution in [2.24, 2.45) is 5.92 Å². The van der Waals surface area contributed by atoms with Crippen molar-refractivity contribution >= 4 is 11.6 Å². The second-order valence-electron chi connectivity index (χ2n) is 4.28. The molecular weight excluding hydrogens is 192 g/mol. The van der Waals surface area contributed by atoms with Gasteiger partial charge in [-0.3, -0.25) is 0 Å². The molecule has 0 rings (SSSR count). The minimum atomic E-state index is 0.560. The minimum absolute atomic E-state index is 0.560. The summed E-state index contributed by atoms with van der Waals surface area (Å²) in [5.41, 5.74) is 3.94. The lowest BCUT2D eigenvalue weighted by atomic mass is 9.94. The zero-order valence-electron chi connectivity index (χ0n) is 9.99. The number of halogens is 1. The molecule has 0 N–H and O–H groups in total. The van der Waals surface area contributed by atoms with E-state index in [-0.39, 0.29) is 0 Å². The highest BCUT2D eigenvalue weighted by Gasteiger charge is 2.06. The number of alkyl halides is 1. The Morgan fingerprint density at radius 2 is 1.93 bits per heavy atom. The van der Waals surface area contributed by atoms with Gasteiger partial charge in [-0.25, -0.2) is 0 Å². The first kappa shape index (κ1) is 13.8. The van der Waals surface area contributed by atoms with Crippen molar-refractivity contribution in [1.82, 2.24) is 0 Å². The molecule has 0 saturated carbocycles. The monoisotopic (exact) mass is 214 g/mol. The number of allylic oxidation sites excluding steroid dienone is 3. The standard InChI is InChI=1S/C13H23Cl/c1-6-11(4)13(12(5)9-14)8-7-10(2)3/h10H,5-9H2,1-4H3/b13-11-. The minimum Gasteiger partial charge on any atom is -0.122 e. The molecule has 0 spiro atoms. The van der Waals surface area contributed by atoms with E-state index in [0.717, 1.165) is 24.3 Å². The first-order valence-corrected chi connectivity index (χ1v) is 5.99. The fraction of sp³-hybridized carbons (Fsp3) is 0.692. The van der Waals surface area contributed by atoms with E-state index in [4.69, 9.17) is 11.6 Å². The highest BCUT2D eigenvalue weighted by Crippen LogP contribution is 2.23. The van der Waals surface area contributed by atoms with E-state index < -0.39 is 0 Å². The van der Waals surface area contributed by atoms with Crippen LogP contribution in [0.5, 0.6) is 0 Å². The average Bonchev–Trinajstić information content (AvgIpc) is 2.16. The Balaban J connectivity index is 4.50. The summed E-state index contributed by atoms with van der Waals surface area (Å²) in [4.78, 5) is 0. The molecule has 0 aliphatic heterocycles. The molecule has 82 valence electrons. The van der Waals surface area contributed by atoms with Gasteiger partial charge in [-0.05, 0) is 43.3 Å². The van der Waals surface area contributed by atoms with Crippen LogP contribution in [-0.4, -0.2) is 5.88 Å². The Kier molecular flexibility index (Phi) is 7.00. The third-order valence-corrected chi connectivity index (χ3v) is 2.93. The highest BCUT2D eigenvalue weighted by molar-refractivity contribution is 6.19. The van der Waals surface area contributed by atoms with Crippen molar-refractivity contribution in [2.75, 3.05) is 5.88 Å². The van der Waals surface area contributed by atoms with Crippen LogP contribution in [0.25, 0.3) is 0 Å². The molecule has 14 heavy (non-hydrogen) atoms. The highest BCUT2D eigenvalue weighted by atomic mass is 35.5. The molecule has 0 aliphatic carbocycles. The molecule has 0 aliphatic rings. The lowest BCUT2D eigenvalue weighted by Crippen LogP contribution is -1.97. The third kappa shape index (κ3) is 4.85. The zero-order valence-corrected chi connectivity index (χ0v) is 10.7. The Bertz CT molecular complexity index is 211. The fourth-order valence-corrected chi connectivity index (χ4v) is 1.58. The quantitative estimate of drug-likeness (QED) is 0.434. The molecule has 0 unspecified atom stereocenters. The smallest absolute Gasteiger partial charge is 0.0470 e. The SMILES string of the molecule is C=C(CCl)/C(CCC(C)C)=C(/C)CC. The van der Waals surface area contributed by atoms with Gasteiger partial charge in [0.15, 0.2) is 0 Å². The van der Waals surface area contributed by atoms with Gasteiger partial charge in [-0.15, -0.1) is 11.6 Å². The molecule has 0 nitrogen and oxygen atoms in total. The lowest BCUT2D eigenvalue weighted by molar-refractivity contribution is 0.584. The zero-order chi connectivity index (χ0) is 11.1. The van der Waals surface area contributed by atoms with Crippen LogP contribution in [0.15, 0.2) is 23.3 Å².